The molecule has 1 amide bonds. The molecule has 4 heteroatoms. The third kappa shape index (κ3) is 2.88. The van der Waals surface area contributed by atoms with Gasteiger partial charge in [0.15, 0.2) is 5.78 Å². The zero-order valence-electron chi connectivity index (χ0n) is 10.6. The van der Waals surface area contributed by atoms with E-state index in [9.17, 15) is 9.59 Å². The molecule has 3 nitrogen and oxygen atoms in total. The molecule has 0 bridgehead atoms. The first-order valence-corrected chi connectivity index (χ1v) is 6.15. The minimum Gasteiger partial charge on any atom is -0.290 e. The lowest BCUT2D eigenvalue weighted by molar-refractivity contribution is -0.111. The van der Waals surface area contributed by atoms with Crippen LogP contribution in [0.3, 0.4) is 0 Å². The van der Waals surface area contributed by atoms with E-state index in [1.165, 1.54) is 6.08 Å². The molecule has 0 fully saturated rings. The number of allylic oxidation sites excluding steroid dienone is 4. The Kier molecular flexibility index (Phi) is 3.76. The predicted molar refractivity (Wildman–Crippen MR) is 75.7 cm³/mol. The van der Waals surface area contributed by atoms with Crippen LogP contribution < -0.4 is 0 Å². The van der Waals surface area contributed by atoms with Crippen molar-refractivity contribution in [3.05, 3.63) is 58.1 Å². The number of aliphatic imine (C=N–C) groups is 1. The van der Waals surface area contributed by atoms with Crippen molar-refractivity contribution in [2.75, 3.05) is 0 Å². The van der Waals surface area contributed by atoms with Crippen LogP contribution >= 0.6 is 11.6 Å². The summed E-state index contributed by atoms with van der Waals surface area (Å²) < 4.78 is 0. The van der Waals surface area contributed by atoms with Crippen molar-refractivity contribution in [2.45, 2.75) is 13.8 Å². The van der Waals surface area contributed by atoms with Crippen LogP contribution in [0.25, 0.3) is 0 Å². The first-order valence-electron chi connectivity index (χ1n) is 5.78. The molecule has 96 valence electrons. The van der Waals surface area contributed by atoms with Crippen LogP contribution in [0.2, 0.25) is 5.02 Å². The molecule has 0 radical (unpaired) electrons. The number of hydrogen-bond acceptors (Lipinski definition) is 2. The predicted octanol–water partition coefficient (Wildman–Crippen LogP) is 3.40. The van der Waals surface area contributed by atoms with E-state index in [1.807, 2.05) is 0 Å². The number of halogens is 1. The Morgan fingerprint density at radius 3 is 2.58 bits per heavy atom. The van der Waals surface area contributed by atoms with Gasteiger partial charge in [-0.3, -0.25) is 9.59 Å². The molecule has 0 aliphatic heterocycles. The SMILES string of the molecule is CC1=C(C)C(=NC(=O)c2cccc(Cl)c2)C=CC1=O. The molecule has 0 unspecified atom stereocenters. The van der Waals surface area contributed by atoms with Crippen LogP contribution in [0, 0.1) is 0 Å². The highest BCUT2D eigenvalue weighted by Crippen LogP contribution is 2.16. The fraction of sp³-hybridized carbons (Fsp3) is 0.133. The summed E-state index contributed by atoms with van der Waals surface area (Å²) in [6.45, 7) is 3.50. The van der Waals surface area contributed by atoms with Crippen molar-refractivity contribution in [2.24, 2.45) is 4.99 Å². The van der Waals surface area contributed by atoms with Crippen LogP contribution in [0.4, 0.5) is 0 Å². The molecule has 0 aromatic heterocycles. The Morgan fingerprint density at radius 2 is 1.89 bits per heavy atom. The monoisotopic (exact) mass is 273 g/mol. The van der Waals surface area contributed by atoms with Crippen molar-refractivity contribution < 1.29 is 9.59 Å². The van der Waals surface area contributed by atoms with E-state index in [4.69, 9.17) is 11.6 Å². The topological polar surface area (TPSA) is 46.5 Å². The van der Waals surface area contributed by atoms with E-state index in [-0.39, 0.29) is 11.7 Å². The molecule has 0 N–H and O–H groups in total. The molecular formula is C15H12ClNO2. The van der Waals surface area contributed by atoms with Crippen molar-refractivity contribution in [1.29, 1.82) is 0 Å². The summed E-state index contributed by atoms with van der Waals surface area (Å²) in [6.07, 6.45) is 2.99. The van der Waals surface area contributed by atoms with Gasteiger partial charge >= 0.3 is 0 Å². The molecule has 1 aromatic carbocycles. The van der Waals surface area contributed by atoms with Gasteiger partial charge in [-0.25, -0.2) is 4.99 Å². The quantitative estimate of drug-likeness (QED) is 0.736. The molecule has 0 heterocycles. The molecule has 2 rings (SSSR count). The van der Waals surface area contributed by atoms with Gasteiger partial charge < -0.3 is 0 Å². The standard InChI is InChI=1S/C15H12ClNO2/c1-9-10(2)14(18)7-6-13(9)17-15(19)11-4-3-5-12(16)8-11/h3-8H,1-2H3. The lowest BCUT2D eigenvalue weighted by atomic mass is 9.97. The lowest BCUT2D eigenvalue weighted by Gasteiger charge is -2.10. The molecule has 1 aromatic rings. The summed E-state index contributed by atoms with van der Waals surface area (Å²) in [5.41, 5.74) is 2.28. The zero-order chi connectivity index (χ0) is 14.0. The minimum absolute atomic E-state index is 0.0494. The van der Waals surface area contributed by atoms with Crippen LogP contribution in [-0.2, 0) is 4.79 Å². The van der Waals surface area contributed by atoms with E-state index in [1.54, 1.807) is 44.2 Å². The molecule has 19 heavy (non-hydrogen) atoms. The maximum Gasteiger partial charge on any atom is 0.277 e. The van der Waals surface area contributed by atoms with Crippen LogP contribution in [-0.4, -0.2) is 17.4 Å². The van der Waals surface area contributed by atoms with Crippen LogP contribution in [0.1, 0.15) is 24.2 Å². The maximum absolute atomic E-state index is 12.0. The number of hydrogen-bond donors (Lipinski definition) is 0. The van der Waals surface area contributed by atoms with Gasteiger partial charge in [0.1, 0.15) is 0 Å². The van der Waals surface area contributed by atoms with Crippen molar-refractivity contribution >= 4 is 29.0 Å². The van der Waals surface area contributed by atoms with Gasteiger partial charge in [-0.15, -0.1) is 0 Å². The normalized spacial score (nSPS) is 17.2. The summed E-state index contributed by atoms with van der Waals surface area (Å²) in [5.74, 6) is -0.421. The second-order valence-electron chi connectivity index (χ2n) is 4.26. The van der Waals surface area contributed by atoms with Gasteiger partial charge in [0.25, 0.3) is 5.91 Å². The van der Waals surface area contributed by atoms with Gasteiger partial charge in [-0.1, -0.05) is 17.7 Å². The van der Waals surface area contributed by atoms with Gasteiger partial charge in [0.2, 0.25) is 0 Å². The summed E-state index contributed by atoms with van der Waals surface area (Å²) in [6, 6.07) is 6.61. The number of ketones is 1. The molecule has 0 atom stereocenters. The largest absolute Gasteiger partial charge is 0.290 e. The minimum atomic E-state index is -0.372. The highest BCUT2D eigenvalue weighted by Gasteiger charge is 2.15. The molecule has 1 aliphatic carbocycles. The van der Waals surface area contributed by atoms with Gasteiger partial charge in [-0.2, -0.15) is 0 Å². The molecule has 0 saturated heterocycles. The summed E-state index contributed by atoms with van der Waals surface area (Å²) in [7, 11) is 0. The smallest absolute Gasteiger partial charge is 0.277 e. The summed E-state index contributed by atoms with van der Waals surface area (Å²) in [4.78, 5) is 27.5. The Morgan fingerprint density at radius 1 is 1.16 bits per heavy atom. The summed E-state index contributed by atoms with van der Waals surface area (Å²) in [5, 5.41) is 0.490. The second kappa shape index (κ2) is 5.33. The Labute approximate surface area is 116 Å². The first kappa shape index (κ1) is 13.4. The van der Waals surface area contributed by atoms with Crippen LogP contribution in [0.5, 0.6) is 0 Å². The van der Waals surface area contributed by atoms with E-state index in [0.717, 1.165) is 5.57 Å². The number of benzene rings is 1. The highest BCUT2D eigenvalue weighted by atomic mass is 35.5. The third-order valence-corrected chi connectivity index (χ3v) is 3.24. The second-order valence-corrected chi connectivity index (χ2v) is 4.70. The first-order chi connectivity index (χ1) is 8.99. The number of amides is 1. The van der Waals surface area contributed by atoms with Crippen LogP contribution in [0.15, 0.2) is 52.6 Å². The summed E-state index contributed by atoms with van der Waals surface area (Å²) >= 11 is 5.83. The molecule has 1 aliphatic rings. The van der Waals surface area contributed by atoms with Crippen molar-refractivity contribution in [3.63, 3.8) is 0 Å². The average molecular weight is 274 g/mol. The van der Waals surface area contributed by atoms with Gasteiger partial charge in [0, 0.05) is 16.2 Å². The van der Waals surface area contributed by atoms with Gasteiger partial charge in [-0.05, 0) is 49.8 Å². The van der Waals surface area contributed by atoms with Crippen molar-refractivity contribution in [3.8, 4) is 0 Å². The Hall–Kier alpha value is -2.00. The average Bonchev–Trinajstić information content (AvgIpc) is 2.39. The Bertz CT molecular complexity index is 654. The molecule has 0 spiro atoms. The van der Waals surface area contributed by atoms with E-state index in [2.05, 4.69) is 4.99 Å². The Balaban J connectivity index is 2.35. The number of carbonyl (C=O) groups is 2. The van der Waals surface area contributed by atoms with E-state index >= 15 is 0 Å². The lowest BCUT2D eigenvalue weighted by Crippen LogP contribution is -2.12. The fourth-order valence-corrected chi connectivity index (χ4v) is 1.89. The van der Waals surface area contributed by atoms with E-state index in [0.29, 0.717) is 21.9 Å². The van der Waals surface area contributed by atoms with E-state index < -0.39 is 0 Å². The zero-order valence-corrected chi connectivity index (χ0v) is 11.4. The maximum atomic E-state index is 12.0. The van der Waals surface area contributed by atoms with Gasteiger partial charge in [0.05, 0.1) is 5.71 Å². The molecular weight excluding hydrogens is 262 g/mol. The highest BCUT2D eigenvalue weighted by molar-refractivity contribution is 6.31. The fourth-order valence-electron chi connectivity index (χ4n) is 1.70. The molecule has 0 saturated carbocycles. The van der Waals surface area contributed by atoms with Crippen molar-refractivity contribution in [1.82, 2.24) is 0 Å². The number of carbonyl (C=O) groups excluding carboxylic acids is 2. The number of nitrogens with zero attached hydrogens (tertiary/aromatic N) is 1. The third-order valence-electron chi connectivity index (χ3n) is 3.00. The number of rotatable bonds is 1.